The molecule has 2 aromatic rings. The lowest BCUT2D eigenvalue weighted by atomic mass is 10.1. The number of rotatable bonds is 5. The van der Waals surface area contributed by atoms with Gasteiger partial charge in [-0.1, -0.05) is 30.3 Å². The molecule has 0 spiro atoms. The van der Waals surface area contributed by atoms with Gasteiger partial charge in [-0.2, -0.15) is 0 Å². The van der Waals surface area contributed by atoms with E-state index >= 15 is 0 Å². The van der Waals surface area contributed by atoms with E-state index in [1.54, 1.807) is 23.1 Å². The number of nitrogens with zero attached hydrogens (tertiary/aromatic N) is 2. The standard InChI is InChI=1S/C16H15FN2O4S/c17-14-6-2-4-8-16(14)24(22,23)13-10-18(11-13)9-12-5-1-3-7-15(12)19(20)21/h1-8,13H,9-11H2. The van der Waals surface area contributed by atoms with Crippen LogP contribution in [0.4, 0.5) is 10.1 Å². The minimum Gasteiger partial charge on any atom is -0.296 e. The first-order valence-electron chi connectivity index (χ1n) is 7.32. The van der Waals surface area contributed by atoms with Crippen LogP contribution in [0.5, 0.6) is 0 Å². The Morgan fingerprint density at radius 2 is 1.75 bits per heavy atom. The van der Waals surface area contributed by atoms with Crippen LogP contribution in [-0.4, -0.2) is 36.6 Å². The summed E-state index contributed by atoms with van der Waals surface area (Å²) in [4.78, 5) is 12.1. The van der Waals surface area contributed by atoms with E-state index in [4.69, 9.17) is 0 Å². The molecule has 0 unspecified atom stereocenters. The molecule has 0 aromatic heterocycles. The van der Waals surface area contributed by atoms with E-state index in [0.29, 0.717) is 12.1 Å². The number of halogens is 1. The highest BCUT2D eigenvalue weighted by Gasteiger charge is 2.39. The van der Waals surface area contributed by atoms with Crippen LogP contribution < -0.4 is 0 Å². The Morgan fingerprint density at radius 1 is 1.12 bits per heavy atom. The van der Waals surface area contributed by atoms with Crippen LogP contribution in [-0.2, 0) is 16.4 Å². The van der Waals surface area contributed by atoms with Crippen molar-refractivity contribution in [1.82, 2.24) is 4.90 Å². The monoisotopic (exact) mass is 350 g/mol. The lowest BCUT2D eigenvalue weighted by Gasteiger charge is -2.38. The zero-order chi connectivity index (χ0) is 17.3. The van der Waals surface area contributed by atoms with Crippen LogP contribution in [0.2, 0.25) is 0 Å². The molecule has 1 aliphatic rings. The maximum Gasteiger partial charge on any atom is 0.273 e. The fourth-order valence-electron chi connectivity index (χ4n) is 2.77. The fourth-order valence-corrected chi connectivity index (χ4v) is 4.55. The molecule has 1 saturated heterocycles. The Labute approximate surface area is 138 Å². The quantitative estimate of drug-likeness (QED) is 0.611. The second kappa shape index (κ2) is 6.29. The summed E-state index contributed by atoms with van der Waals surface area (Å²) in [6.45, 7) is 0.742. The minimum atomic E-state index is -3.74. The van der Waals surface area contributed by atoms with Crippen LogP contribution in [0.25, 0.3) is 0 Å². The molecule has 24 heavy (non-hydrogen) atoms. The Hall–Kier alpha value is -2.32. The van der Waals surface area contributed by atoms with Crippen LogP contribution in [0.15, 0.2) is 53.4 Å². The number of para-hydroxylation sites is 1. The average Bonchev–Trinajstić information content (AvgIpc) is 2.50. The van der Waals surface area contributed by atoms with Crippen molar-refractivity contribution in [3.05, 3.63) is 70.0 Å². The molecule has 0 saturated carbocycles. The Kier molecular flexibility index (Phi) is 4.33. The summed E-state index contributed by atoms with van der Waals surface area (Å²) < 4.78 is 38.6. The molecule has 126 valence electrons. The van der Waals surface area contributed by atoms with E-state index in [2.05, 4.69) is 0 Å². The van der Waals surface area contributed by atoms with Gasteiger partial charge in [0, 0.05) is 31.3 Å². The number of hydrogen-bond donors (Lipinski definition) is 0. The SMILES string of the molecule is O=[N+]([O-])c1ccccc1CN1CC(S(=O)(=O)c2ccccc2F)C1. The lowest BCUT2D eigenvalue weighted by Crippen LogP contribution is -2.54. The summed E-state index contributed by atoms with van der Waals surface area (Å²) in [5.74, 6) is -0.755. The van der Waals surface area contributed by atoms with Gasteiger partial charge in [-0.3, -0.25) is 15.0 Å². The number of likely N-dealkylation sites (tertiary alicyclic amines) is 1. The van der Waals surface area contributed by atoms with Crippen LogP contribution >= 0.6 is 0 Å². The van der Waals surface area contributed by atoms with Crippen LogP contribution in [0.3, 0.4) is 0 Å². The number of nitro benzene ring substituents is 1. The van der Waals surface area contributed by atoms with E-state index in [0.717, 1.165) is 6.07 Å². The van der Waals surface area contributed by atoms with Crippen LogP contribution in [0.1, 0.15) is 5.56 Å². The topological polar surface area (TPSA) is 80.5 Å². The Balaban J connectivity index is 1.70. The van der Waals surface area contributed by atoms with Crippen molar-refractivity contribution in [1.29, 1.82) is 0 Å². The third kappa shape index (κ3) is 3.02. The summed E-state index contributed by atoms with van der Waals surface area (Å²) in [5.41, 5.74) is 0.544. The third-order valence-electron chi connectivity index (χ3n) is 4.09. The normalized spacial score (nSPS) is 15.9. The highest BCUT2D eigenvalue weighted by atomic mass is 32.2. The minimum absolute atomic E-state index is 0.0120. The molecule has 1 fully saturated rings. The molecule has 8 heteroatoms. The second-order valence-electron chi connectivity index (χ2n) is 5.68. The molecule has 0 atom stereocenters. The summed E-state index contributed by atoms with van der Waals surface area (Å²) >= 11 is 0. The Bertz CT molecular complexity index is 879. The van der Waals surface area contributed by atoms with E-state index in [1.807, 2.05) is 0 Å². The highest BCUT2D eigenvalue weighted by Crippen LogP contribution is 2.28. The molecule has 0 bridgehead atoms. The maximum atomic E-state index is 13.7. The van der Waals surface area contributed by atoms with Gasteiger partial charge in [0.15, 0.2) is 9.84 Å². The van der Waals surface area contributed by atoms with Crippen molar-refractivity contribution in [2.45, 2.75) is 16.7 Å². The molecule has 0 aliphatic carbocycles. The molecular formula is C16H15FN2O4S. The van der Waals surface area contributed by atoms with Gasteiger partial charge in [0.1, 0.15) is 10.7 Å². The smallest absolute Gasteiger partial charge is 0.273 e. The van der Waals surface area contributed by atoms with Gasteiger partial charge in [-0.25, -0.2) is 12.8 Å². The van der Waals surface area contributed by atoms with Crippen molar-refractivity contribution in [2.75, 3.05) is 13.1 Å². The van der Waals surface area contributed by atoms with Gasteiger partial charge in [0.25, 0.3) is 5.69 Å². The molecule has 0 N–H and O–H groups in total. The number of nitro groups is 1. The number of hydrogen-bond acceptors (Lipinski definition) is 5. The summed E-state index contributed by atoms with van der Waals surface area (Å²) in [7, 11) is -3.74. The average molecular weight is 350 g/mol. The summed E-state index contributed by atoms with van der Waals surface area (Å²) in [6, 6.07) is 11.7. The van der Waals surface area contributed by atoms with Gasteiger partial charge in [0.2, 0.25) is 0 Å². The molecule has 6 nitrogen and oxygen atoms in total. The molecule has 0 amide bonds. The molecule has 2 aromatic carbocycles. The van der Waals surface area contributed by atoms with E-state index in [-0.39, 0.29) is 23.7 Å². The first kappa shape index (κ1) is 16.5. The summed E-state index contributed by atoms with van der Waals surface area (Å²) in [6.07, 6.45) is 0. The van der Waals surface area contributed by atoms with Crippen molar-refractivity contribution >= 4 is 15.5 Å². The highest BCUT2D eigenvalue weighted by molar-refractivity contribution is 7.92. The molecule has 1 heterocycles. The van der Waals surface area contributed by atoms with Gasteiger partial charge in [-0.05, 0) is 12.1 Å². The first-order valence-corrected chi connectivity index (χ1v) is 8.87. The molecule has 1 aliphatic heterocycles. The van der Waals surface area contributed by atoms with Gasteiger partial charge >= 0.3 is 0 Å². The molecule has 3 rings (SSSR count). The molecular weight excluding hydrogens is 335 g/mol. The lowest BCUT2D eigenvalue weighted by molar-refractivity contribution is -0.385. The predicted molar refractivity (Wildman–Crippen MR) is 85.7 cm³/mol. The number of sulfone groups is 1. The van der Waals surface area contributed by atoms with E-state index < -0.39 is 25.8 Å². The maximum absolute atomic E-state index is 13.7. The molecule has 0 radical (unpaired) electrons. The van der Waals surface area contributed by atoms with Crippen molar-refractivity contribution in [2.24, 2.45) is 0 Å². The first-order chi connectivity index (χ1) is 11.4. The van der Waals surface area contributed by atoms with Gasteiger partial charge < -0.3 is 0 Å². The second-order valence-corrected chi connectivity index (χ2v) is 7.87. The van der Waals surface area contributed by atoms with Crippen LogP contribution in [0, 0.1) is 15.9 Å². The fraction of sp³-hybridized carbons (Fsp3) is 0.250. The van der Waals surface area contributed by atoms with Crippen molar-refractivity contribution in [3.63, 3.8) is 0 Å². The zero-order valence-corrected chi connectivity index (χ0v) is 13.4. The van der Waals surface area contributed by atoms with E-state index in [9.17, 15) is 22.9 Å². The number of benzene rings is 2. The van der Waals surface area contributed by atoms with E-state index in [1.165, 1.54) is 24.3 Å². The summed E-state index contributed by atoms with van der Waals surface area (Å²) in [5, 5.41) is 10.3. The predicted octanol–water partition coefficient (Wildman–Crippen LogP) is 2.39. The third-order valence-corrected chi connectivity index (χ3v) is 6.21. The van der Waals surface area contributed by atoms with Crippen molar-refractivity contribution in [3.8, 4) is 0 Å². The largest absolute Gasteiger partial charge is 0.296 e. The van der Waals surface area contributed by atoms with Gasteiger partial charge in [-0.15, -0.1) is 0 Å². The Morgan fingerprint density at radius 3 is 2.42 bits per heavy atom. The zero-order valence-electron chi connectivity index (χ0n) is 12.6. The van der Waals surface area contributed by atoms with Gasteiger partial charge in [0.05, 0.1) is 10.2 Å². The van der Waals surface area contributed by atoms with Crippen molar-refractivity contribution < 1.29 is 17.7 Å².